The Labute approximate surface area is 145 Å². The number of carbonyl (C=O) groups is 1. The number of sulfonamides is 1. The predicted octanol–water partition coefficient (Wildman–Crippen LogP) is 1.70. The van der Waals surface area contributed by atoms with E-state index in [1.54, 1.807) is 23.1 Å². The van der Waals surface area contributed by atoms with Gasteiger partial charge in [-0.25, -0.2) is 18.2 Å². The first-order valence-electron chi connectivity index (χ1n) is 7.43. The second kappa shape index (κ2) is 6.88. The Morgan fingerprint density at radius 2 is 1.88 bits per heavy atom. The van der Waals surface area contributed by atoms with Crippen molar-refractivity contribution in [1.82, 2.24) is 9.78 Å². The Morgan fingerprint density at radius 3 is 2.60 bits per heavy atom. The second-order valence-electron chi connectivity index (χ2n) is 5.43. The number of hydrogen-bond acceptors (Lipinski definition) is 4. The molecule has 0 bridgehead atoms. The van der Waals surface area contributed by atoms with Crippen LogP contribution in [0.3, 0.4) is 0 Å². The predicted molar refractivity (Wildman–Crippen MR) is 93.7 cm³/mol. The number of amides is 1. The van der Waals surface area contributed by atoms with E-state index in [0.29, 0.717) is 5.69 Å². The number of nitrogens with zero attached hydrogens (tertiary/aromatic N) is 2. The summed E-state index contributed by atoms with van der Waals surface area (Å²) >= 11 is 0. The molecule has 0 saturated carbocycles. The van der Waals surface area contributed by atoms with Crippen LogP contribution < -0.4 is 10.5 Å². The van der Waals surface area contributed by atoms with Gasteiger partial charge in [-0.2, -0.15) is 5.10 Å². The van der Waals surface area contributed by atoms with E-state index in [2.05, 4.69) is 10.4 Å². The molecular weight excluding hydrogens is 340 g/mol. The number of aromatic nitrogens is 2. The molecule has 0 saturated heterocycles. The molecule has 25 heavy (non-hydrogen) atoms. The van der Waals surface area contributed by atoms with Crippen molar-refractivity contribution in [3.63, 3.8) is 0 Å². The molecule has 1 heterocycles. The monoisotopic (exact) mass is 356 g/mol. The number of rotatable bonds is 5. The average Bonchev–Trinajstić information content (AvgIpc) is 3.03. The highest BCUT2D eigenvalue weighted by atomic mass is 32.2. The lowest BCUT2D eigenvalue weighted by Gasteiger charge is -2.06. The van der Waals surface area contributed by atoms with Gasteiger partial charge in [-0.15, -0.1) is 0 Å². The van der Waals surface area contributed by atoms with E-state index in [0.717, 1.165) is 11.3 Å². The van der Waals surface area contributed by atoms with Crippen molar-refractivity contribution >= 4 is 21.6 Å². The Balaban J connectivity index is 1.69. The van der Waals surface area contributed by atoms with Crippen LogP contribution >= 0.6 is 0 Å². The van der Waals surface area contributed by atoms with Crippen LogP contribution in [0.15, 0.2) is 71.9 Å². The number of hydrogen-bond donors (Lipinski definition) is 2. The van der Waals surface area contributed by atoms with E-state index < -0.39 is 10.0 Å². The minimum absolute atomic E-state index is 0.0535. The van der Waals surface area contributed by atoms with E-state index >= 15 is 0 Å². The van der Waals surface area contributed by atoms with Crippen molar-refractivity contribution in [3.8, 4) is 5.69 Å². The van der Waals surface area contributed by atoms with Crippen molar-refractivity contribution < 1.29 is 13.2 Å². The van der Waals surface area contributed by atoms with Gasteiger partial charge in [0, 0.05) is 11.9 Å². The summed E-state index contributed by atoms with van der Waals surface area (Å²) in [5.41, 5.74) is 2.01. The van der Waals surface area contributed by atoms with E-state index in [1.165, 1.54) is 18.2 Å². The topological polar surface area (TPSA) is 107 Å². The number of para-hydroxylation sites is 1. The molecular formula is C17H16N4O3S. The smallest absolute Gasteiger partial charge is 0.238 e. The molecule has 0 aliphatic heterocycles. The number of primary sulfonamides is 1. The fourth-order valence-electron chi connectivity index (χ4n) is 2.31. The Hall–Kier alpha value is -2.97. The quantitative estimate of drug-likeness (QED) is 0.725. The molecule has 7 nitrogen and oxygen atoms in total. The minimum Gasteiger partial charge on any atom is -0.326 e. The lowest BCUT2D eigenvalue weighted by Crippen LogP contribution is -2.16. The van der Waals surface area contributed by atoms with Crippen LogP contribution in [0.25, 0.3) is 5.69 Å². The van der Waals surface area contributed by atoms with Crippen LogP contribution in [0.5, 0.6) is 0 Å². The summed E-state index contributed by atoms with van der Waals surface area (Å²) in [6, 6.07) is 15.4. The van der Waals surface area contributed by atoms with Crippen molar-refractivity contribution in [2.75, 3.05) is 5.32 Å². The van der Waals surface area contributed by atoms with E-state index in [-0.39, 0.29) is 17.2 Å². The molecule has 0 fully saturated rings. The van der Waals surface area contributed by atoms with Crippen molar-refractivity contribution in [2.45, 2.75) is 11.3 Å². The molecule has 8 heteroatoms. The normalized spacial score (nSPS) is 11.2. The van der Waals surface area contributed by atoms with Gasteiger partial charge in [0.2, 0.25) is 15.9 Å². The molecule has 3 N–H and O–H groups in total. The Kier molecular flexibility index (Phi) is 4.64. The molecule has 0 radical (unpaired) electrons. The lowest BCUT2D eigenvalue weighted by molar-refractivity contribution is -0.115. The molecule has 1 amide bonds. The van der Waals surface area contributed by atoms with Gasteiger partial charge < -0.3 is 5.32 Å². The Bertz CT molecular complexity index is 997. The number of carbonyl (C=O) groups excluding carboxylic acids is 1. The van der Waals surface area contributed by atoms with E-state index in [4.69, 9.17) is 5.14 Å². The maximum Gasteiger partial charge on any atom is 0.238 e. The summed E-state index contributed by atoms with van der Waals surface area (Å²) < 4.78 is 24.4. The van der Waals surface area contributed by atoms with Gasteiger partial charge in [0.05, 0.1) is 23.2 Å². The molecule has 128 valence electrons. The van der Waals surface area contributed by atoms with E-state index in [1.807, 2.05) is 30.3 Å². The highest BCUT2D eigenvalue weighted by Crippen LogP contribution is 2.15. The Morgan fingerprint density at radius 1 is 1.12 bits per heavy atom. The van der Waals surface area contributed by atoms with Gasteiger partial charge >= 0.3 is 0 Å². The fraction of sp³-hybridized carbons (Fsp3) is 0.0588. The van der Waals surface area contributed by atoms with Crippen LogP contribution in [0, 0.1) is 0 Å². The van der Waals surface area contributed by atoms with Gasteiger partial charge in [-0.3, -0.25) is 4.79 Å². The summed E-state index contributed by atoms with van der Waals surface area (Å²) in [6.07, 6.45) is 3.51. The zero-order valence-corrected chi connectivity index (χ0v) is 14.0. The van der Waals surface area contributed by atoms with Gasteiger partial charge in [-0.05, 0) is 35.9 Å². The molecule has 0 aliphatic rings. The summed E-state index contributed by atoms with van der Waals surface area (Å²) in [4.78, 5) is 12.1. The number of nitrogens with two attached hydrogens (primary N) is 1. The third-order valence-corrected chi connectivity index (χ3v) is 4.38. The first-order chi connectivity index (χ1) is 11.9. The summed E-state index contributed by atoms with van der Waals surface area (Å²) in [5.74, 6) is -0.279. The van der Waals surface area contributed by atoms with Gasteiger partial charge in [0.1, 0.15) is 0 Å². The molecule has 1 aromatic heterocycles. The lowest BCUT2D eigenvalue weighted by atomic mass is 10.2. The maximum absolute atomic E-state index is 12.2. The van der Waals surface area contributed by atoms with Crippen LogP contribution in [0.1, 0.15) is 5.56 Å². The third-order valence-electron chi connectivity index (χ3n) is 3.47. The van der Waals surface area contributed by atoms with Crippen molar-refractivity contribution in [3.05, 3.63) is 72.6 Å². The molecule has 0 aliphatic carbocycles. The molecule has 3 aromatic rings. The highest BCUT2D eigenvalue weighted by Gasteiger charge is 2.11. The summed E-state index contributed by atoms with van der Waals surface area (Å²) in [5, 5.41) is 12.0. The summed E-state index contributed by atoms with van der Waals surface area (Å²) in [7, 11) is -3.81. The van der Waals surface area contributed by atoms with Crippen LogP contribution in [0.4, 0.5) is 5.69 Å². The number of benzene rings is 2. The minimum atomic E-state index is -3.81. The van der Waals surface area contributed by atoms with Crippen LogP contribution in [-0.2, 0) is 21.2 Å². The standard InChI is InChI=1S/C17H16N4O3S/c18-25(23,24)16-8-4-5-14(10-16)20-17(22)9-13-11-19-21(12-13)15-6-2-1-3-7-15/h1-8,10-12H,9H2,(H,20,22)(H2,18,23,24). The molecule has 3 rings (SSSR count). The number of anilines is 1. The average molecular weight is 356 g/mol. The zero-order valence-electron chi connectivity index (χ0n) is 13.2. The van der Waals surface area contributed by atoms with Gasteiger partial charge in [-0.1, -0.05) is 24.3 Å². The second-order valence-corrected chi connectivity index (χ2v) is 6.99. The summed E-state index contributed by atoms with van der Waals surface area (Å²) in [6.45, 7) is 0. The number of nitrogens with one attached hydrogen (secondary N) is 1. The van der Waals surface area contributed by atoms with Crippen molar-refractivity contribution in [1.29, 1.82) is 0 Å². The highest BCUT2D eigenvalue weighted by molar-refractivity contribution is 7.89. The fourth-order valence-corrected chi connectivity index (χ4v) is 2.87. The molecule has 0 unspecified atom stereocenters. The van der Waals surface area contributed by atoms with Crippen LogP contribution in [-0.4, -0.2) is 24.1 Å². The first-order valence-corrected chi connectivity index (χ1v) is 8.98. The third kappa shape index (κ3) is 4.31. The maximum atomic E-state index is 12.2. The van der Waals surface area contributed by atoms with Crippen molar-refractivity contribution in [2.24, 2.45) is 5.14 Å². The first kappa shape index (κ1) is 16.9. The molecule has 2 aromatic carbocycles. The molecule has 0 atom stereocenters. The van der Waals surface area contributed by atoms with E-state index in [9.17, 15) is 13.2 Å². The molecule has 0 spiro atoms. The SMILES string of the molecule is NS(=O)(=O)c1cccc(NC(=O)Cc2cnn(-c3ccccc3)c2)c1. The zero-order chi connectivity index (χ0) is 17.9. The van der Waals surface area contributed by atoms with Crippen LogP contribution in [0.2, 0.25) is 0 Å². The van der Waals surface area contributed by atoms with Gasteiger partial charge in [0.15, 0.2) is 0 Å². The van der Waals surface area contributed by atoms with Gasteiger partial charge in [0.25, 0.3) is 0 Å². The largest absolute Gasteiger partial charge is 0.326 e.